The highest BCUT2D eigenvalue weighted by molar-refractivity contribution is 5.83. The van der Waals surface area contributed by atoms with E-state index < -0.39 is 0 Å². The monoisotopic (exact) mass is 306 g/mol. The lowest BCUT2D eigenvalue weighted by atomic mass is 10.2. The van der Waals surface area contributed by atoms with Crippen LogP contribution in [0.4, 0.5) is 0 Å². The zero-order chi connectivity index (χ0) is 16.4. The van der Waals surface area contributed by atoms with Gasteiger partial charge < -0.3 is 15.0 Å². The lowest BCUT2D eigenvalue weighted by molar-refractivity contribution is -0.134. The predicted molar refractivity (Wildman–Crippen MR) is 86.6 cm³/mol. The number of nitrogens with zero attached hydrogens (tertiary/aromatic N) is 1. The van der Waals surface area contributed by atoms with Crippen LogP contribution in [0.15, 0.2) is 24.3 Å². The number of hydrogen-bond donors (Lipinski definition) is 1. The van der Waals surface area contributed by atoms with E-state index in [1.54, 1.807) is 7.11 Å². The van der Waals surface area contributed by atoms with Crippen molar-refractivity contribution < 1.29 is 14.3 Å². The standard InChI is InChI=1S/C17H26N2O3/c1-4-5-6-11-18-17(21)13-19(14(2)20)12-15-7-9-16(22-3)10-8-15/h7-10H,4-6,11-13H2,1-3H3,(H,18,21). The maximum atomic E-state index is 11.9. The second kappa shape index (κ2) is 9.82. The molecule has 0 aliphatic rings. The van der Waals surface area contributed by atoms with E-state index in [1.165, 1.54) is 11.8 Å². The van der Waals surface area contributed by atoms with Gasteiger partial charge in [-0.05, 0) is 24.1 Å². The molecule has 0 radical (unpaired) electrons. The highest BCUT2D eigenvalue weighted by atomic mass is 16.5. The Balaban J connectivity index is 2.50. The predicted octanol–water partition coefficient (Wildman–Crippen LogP) is 2.35. The Morgan fingerprint density at radius 1 is 1.18 bits per heavy atom. The van der Waals surface area contributed by atoms with Crippen molar-refractivity contribution in [2.75, 3.05) is 20.2 Å². The van der Waals surface area contributed by atoms with Crippen molar-refractivity contribution in [1.82, 2.24) is 10.2 Å². The van der Waals surface area contributed by atoms with E-state index in [0.29, 0.717) is 13.1 Å². The fourth-order valence-corrected chi connectivity index (χ4v) is 2.06. The molecule has 0 saturated heterocycles. The third-order valence-corrected chi connectivity index (χ3v) is 3.41. The quantitative estimate of drug-likeness (QED) is 0.713. The number of benzene rings is 1. The van der Waals surface area contributed by atoms with Gasteiger partial charge in [-0.25, -0.2) is 0 Å². The Bertz CT molecular complexity index is 471. The third kappa shape index (κ3) is 6.61. The molecule has 0 aliphatic carbocycles. The molecule has 1 aromatic carbocycles. The Hall–Kier alpha value is -2.04. The van der Waals surface area contributed by atoms with Gasteiger partial charge in [0.2, 0.25) is 11.8 Å². The van der Waals surface area contributed by atoms with Crippen molar-refractivity contribution in [2.24, 2.45) is 0 Å². The molecule has 0 heterocycles. The normalized spacial score (nSPS) is 10.1. The molecule has 0 spiro atoms. The van der Waals surface area contributed by atoms with E-state index >= 15 is 0 Å². The Labute approximate surface area is 132 Å². The summed E-state index contributed by atoms with van der Waals surface area (Å²) in [6, 6.07) is 7.48. The van der Waals surface area contributed by atoms with Gasteiger partial charge in [-0.1, -0.05) is 31.9 Å². The summed E-state index contributed by atoms with van der Waals surface area (Å²) in [6.45, 7) is 4.78. The molecule has 0 saturated carbocycles. The van der Waals surface area contributed by atoms with E-state index in [0.717, 1.165) is 30.6 Å². The molecule has 122 valence electrons. The molecule has 1 rings (SSSR count). The fourth-order valence-electron chi connectivity index (χ4n) is 2.06. The molecule has 5 nitrogen and oxygen atoms in total. The summed E-state index contributed by atoms with van der Waals surface area (Å²) in [5.41, 5.74) is 0.967. The SMILES string of the molecule is CCCCCNC(=O)CN(Cc1ccc(OC)cc1)C(C)=O. The largest absolute Gasteiger partial charge is 0.497 e. The molecule has 1 N–H and O–H groups in total. The summed E-state index contributed by atoms with van der Waals surface area (Å²) in [7, 11) is 1.61. The average molecular weight is 306 g/mol. The smallest absolute Gasteiger partial charge is 0.239 e. The third-order valence-electron chi connectivity index (χ3n) is 3.41. The van der Waals surface area contributed by atoms with Crippen LogP contribution in [0.5, 0.6) is 5.75 Å². The number of carbonyl (C=O) groups is 2. The molecule has 22 heavy (non-hydrogen) atoms. The minimum atomic E-state index is -0.112. The molecular formula is C17H26N2O3. The lowest BCUT2D eigenvalue weighted by Crippen LogP contribution is -2.39. The number of ether oxygens (including phenoxy) is 1. The molecule has 1 aromatic rings. The summed E-state index contributed by atoms with van der Waals surface area (Å²) in [6.07, 6.45) is 3.19. The van der Waals surface area contributed by atoms with Gasteiger partial charge >= 0.3 is 0 Å². The summed E-state index contributed by atoms with van der Waals surface area (Å²) < 4.78 is 5.11. The van der Waals surface area contributed by atoms with Crippen molar-refractivity contribution in [1.29, 1.82) is 0 Å². The molecule has 0 atom stereocenters. The van der Waals surface area contributed by atoms with E-state index in [1.807, 2.05) is 24.3 Å². The number of rotatable bonds is 9. The topological polar surface area (TPSA) is 58.6 Å². The first kappa shape index (κ1) is 18.0. The molecule has 0 unspecified atom stereocenters. The van der Waals surface area contributed by atoms with Crippen LogP contribution in [-0.4, -0.2) is 36.9 Å². The zero-order valence-electron chi connectivity index (χ0n) is 13.7. The van der Waals surface area contributed by atoms with Gasteiger partial charge in [0.1, 0.15) is 5.75 Å². The maximum Gasteiger partial charge on any atom is 0.239 e. The number of hydrogen-bond acceptors (Lipinski definition) is 3. The van der Waals surface area contributed by atoms with Gasteiger partial charge in [-0.2, -0.15) is 0 Å². The first-order valence-corrected chi connectivity index (χ1v) is 7.72. The highest BCUT2D eigenvalue weighted by Crippen LogP contribution is 2.13. The van der Waals surface area contributed by atoms with E-state index in [9.17, 15) is 9.59 Å². The van der Waals surface area contributed by atoms with Crippen molar-refractivity contribution in [3.8, 4) is 5.75 Å². The number of methoxy groups -OCH3 is 1. The molecule has 0 aromatic heterocycles. The van der Waals surface area contributed by atoms with Gasteiger partial charge in [0.05, 0.1) is 13.7 Å². The summed E-state index contributed by atoms with van der Waals surface area (Å²) in [5, 5.41) is 2.85. The Morgan fingerprint density at radius 3 is 2.41 bits per heavy atom. The highest BCUT2D eigenvalue weighted by Gasteiger charge is 2.13. The van der Waals surface area contributed by atoms with Crippen molar-refractivity contribution in [3.63, 3.8) is 0 Å². The maximum absolute atomic E-state index is 11.9. The molecule has 5 heteroatoms. The van der Waals surface area contributed by atoms with Crippen LogP contribution in [0.2, 0.25) is 0 Å². The molecular weight excluding hydrogens is 280 g/mol. The van der Waals surface area contributed by atoms with Crippen molar-refractivity contribution in [3.05, 3.63) is 29.8 Å². The van der Waals surface area contributed by atoms with Gasteiger partial charge in [-0.15, -0.1) is 0 Å². The minimum Gasteiger partial charge on any atom is -0.497 e. The lowest BCUT2D eigenvalue weighted by Gasteiger charge is -2.20. The fraction of sp³-hybridized carbons (Fsp3) is 0.529. The second-order valence-corrected chi connectivity index (χ2v) is 5.28. The van der Waals surface area contributed by atoms with Crippen LogP contribution < -0.4 is 10.1 Å². The van der Waals surface area contributed by atoms with Gasteiger partial charge in [-0.3, -0.25) is 9.59 Å². The second-order valence-electron chi connectivity index (χ2n) is 5.28. The Kier molecular flexibility index (Phi) is 8.04. The number of carbonyl (C=O) groups excluding carboxylic acids is 2. The first-order valence-electron chi connectivity index (χ1n) is 7.72. The first-order chi connectivity index (χ1) is 10.6. The molecule has 2 amide bonds. The van der Waals surface area contributed by atoms with Crippen molar-refractivity contribution in [2.45, 2.75) is 39.7 Å². The average Bonchev–Trinajstić information content (AvgIpc) is 2.51. The zero-order valence-corrected chi connectivity index (χ0v) is 13.7. The molecule has 0 aliphatic heterocycles. The van der Waals surface area contributed by atoms with Gasteiger partial charge in [0, 0.05) is 20.0 Å². The number of nitrogens with one attached hydrogen (secondary N) is 1. The van der Waals surface area contributed by atoms with E-state index in [2.05, 4.69) is 12.2 Å². The molecule has 0 fully saturated rings. The molecule has 0 bridgehead atoms. The Morgan fingerprint density at radius 2 is 1.86 bits per heavy atom. The van der Waals surface area contributed by atoms with Gasteiger partial charge in [0.25, 0.3) is 0 Å². The van der Waals surface area contributed by atoms with E-state index in [-0.39, 0.29) is 18.4 Å². The van der Waals surface area contributed by atoms with Crippen LogP contribution in [0.3, 0.4) is 0 Å². The van der Waals surface area contributed by atoms with Gasteiger partial charge in [0.15, 0.2) is 0 Å². The summed E-state index contributed by atoms with van der Waals surface area (Å²) in [5.74, 6) is 0.547. The number of amides is 2. The summed E-state index contributed by atoms with van der Waals surface area (Å²) >= 11 is 0. The van der Waals surface area contributed by atoms with Crippen LogP contribution in [0, 0.1) is 0 Å². The van der Waals surface area contributed by atoms with Crippen LogP contribution in [0.1, 0.15) is 38.7 Å². The van der Waals surface area contributed by atoms with Crippen LogP contribution in [0.25, 0.3) is 0 Å². The number of unbranched alkanes of at least 4 members (excludes halogenated alkanes) is 2. The van der Waals surface area contributed by atoms with E-state index in [4.69, 9.17) is 4.74 Å². The van der Waals surface area contributed by atoms with Crippen molar-refractivity contribution >= 4 is 11.8 Å². The minimum absolute atomic E-state index is 0.0908. The van der Waals surface area contributed by atoms with Crippen LogP contribution in [-0.2, 0) is 16.1 Å². The summed E-state index contributed by atoms with van der Waals surface area (Å²) in [4.78, 5) is 25.1. The van der Waals surface area contributed by atoms with Crippen LogP contribution >= 0.6 is 0 Å².